The van der Waals surface area contributed by atoms with E-state index in [1.165, 1.54) is 17.7 Å². The first-order valence-corrected chi connectivity index (χ1v) is 9.46. The van der Waals surface area contributed by atoms with Crippen molar-refractivity contribution in [3.05, 3.63) is 71.5 Å². The lowest BCUT2D eigenvalue weighted by Crippen LogP contribution is -2.45. The third-order valence-corrected chi connectivity index (χ3v) is 5.21. The lowest BCUT2D eigenvalue weighted by molar-refractivity contribution is 0.188. The number of urea groups is 1. The molecular formula is C22H28FN3O. The van der Waals surface area contributed by atoms with E-state index in [1.54, 1.807) is 17.0 Å². The van der Waals surface area contributed by atoms with Crippen LogP contribution in [0.5, 0.6) is 0 Å². The molecule has 1 aliphatic rings. The SMILES string of the molecule is CN(C)CCN(Cc1ccc(F)cc1)C(=O)NCC1(c2ccccc2)CC1. The van der Waals surface area contributed by atoms with Crippen molar-refractivity contribution in [2.45, 2.75) is 24.8 Å². The van der Waals surface area contributed by atoms with E-state index in [-0.39, 0.29) is 17.3 Å². The standard InChI is InChI=1S/C22H28FN3O/c1-25(2)14-15-26(16-18-8-10-20(23)11-9-18)21(27)24-17-22(12-13-22)19-6-4-3-5-7-19/h3-11H,12-17H2,1-2H3,(H,24,27). The number of hydrogen-bond acceptors (Lipinski definition) is 2. The van der Waals surface area contributed by atoms with Crippen molar-refractivity contribution in [2.75, 3.05) is 33.7 Å². The van der Waals surface area contributed by atoms with Crippen LogP contribution in [0.15, 0.2) is 54.6 Å². The number of benzene rings is 2. The third-order valence-electron chi connectivity index (χ3n) is 5.21. The van der Waals surface area contributed by atoms with E-state index < -0.39 is 0 Å². The monoisotopic (exact) mass is 369 g/mol. The molecule has 144 valence electrons. The Bertz CT molecular complexity index is 742. The number of nitrogens with one attached hydrogen (secondary N) is 1. The van der Waals surface area contributed by atoms with Gasteiger partial charge >= 0.3 is 6.03 Å². The first-order valence-electron chi connectivity index (χ1n) is 9.46. The molecule has 0 aliphatic heterocycles. The molecule has 2 amide bonds. The number of hydrogen-bond donors (Lipinski definition) is 1. The van der Waals surface area contributed by atoms with Gasteiger partial charge in [0.25, 0.3) is 0 Å². The third kappa shape index (κ3) is 5.30. The van der Waals surface area contributed by atoms with E-state index in [0.29, 0.717) is 19.6 Å². The average molecular weight is 369 g/mol. The van der Waals surface area contributed by atoms with Gasteiger partial charge in [-0.05, 0) is 50.2 Å². The molecule has 2 aromatic rings. The summed E-state index contributed by atoms with van der Waals surface area (Å²) in [5, 5.41) is 3.13. The predicted octanol–water partition coefficient (Wildman–Crippen LogP) is 3.63. The minimum atomic E-state index is -0.262. The maximum atomic E-state index is 13.2. The van der Waals surface area contributed by atoms with Crippen LogP contribution in [0.3, 0.4) is 0 Å². The fraction of sp³-hybridized carbons (Fsp3) is 0.409. The van der Waals surface area contributed by atoms with Crippen LogP contribution in [0.4, 0.5) is 9.18 Å². The zero-order valence-corrected chi connectivity index (χ0v) is 16.1. The van der Waals surface area contributed by atoms with Crippen LogP contribution in [-0.4, -0.2) is 49.6 Å². The molecule has 1 N–H and O–H groups in total. The van der Waals surface area contributed by atoms with Gasteiger partial charge in [0.05, 0.1) is 0 Å². The zero-order valence-electron chi connectivity index (χ0n) is 16.1. The highest BCUT2D eigenvalue weighted by molar-refractivity contribution is 5.74. The van der Waals surface area contributed by atoms with Crippen molar-refractivity contribution in [3.8, 4) is 0 Å². The minimum absolute atomic E-state index is 0.0663. The van der Waals surface area contributed by atoms with Gasteiger partial charge in [0.15, 0.2) is 0 Å². The lowest BCUT2D eigenvalue weighted by atomic mass is 9.96. The maximum Gasteiger partial charge on any atom is 0.317 e. The summed E-state index contributed by atoms with van der Waals surface area (Å²) in [5.74, 6) is -0.262. The number of halogens is 1. The van der Waals surface area contributed by atoms with Gasteiger partial charge in [0.2, 0.25) is 0 Å². The molecule has 1 fully saturated rings. The molecular weight excluding hydrogens is 341 g/mol. The molecule has 0 saturated heterocycles. The first-order chi connectivity index (χ1) is 13.0. The van der Waals surface area contributed by atoms with Crippen molar-refractivity contribution in [3.63, 3.8) is 0 Å². The Balaban J connectivity index is 1.62. The van der Waals surface area contributed by atoms with Gasteiger partial charge in [-0.15, -0.1) is 0 Å². The van der Waals surface area contributed by atoms with Crippen molar-refractivity contribution in [1.82, 2.24) is 15.1 Å². The van der Waals surface area contributed by atoms with Crippen molar-refractivity contribution >= 4 is 6.03 Å². The van der Waals surface area contributed by atoms with Crippen LogP contribution in [0.25, 0.3) is 0 Å². The summed E-state index contributed by atoms with van der Waals surface area (Å²) in [5.41, 5.74) is 2.30. The summed E-state index contributed by atoms with van der Waals surface area (Å²) in [6.07, 6.45) is 2.21. The summed E-state index contributed by atoms with van der Waals surface area (Å²) in [6.45, 7) is 2.52. The first kappa shape index (κ1) is 19.4. The number of nitrogens with zero attached hydrogens (tertiary/aromatic N) is 2. The van der Waals surface area contributed by atoms with Crippen LogP contribution < -0.4 is 5.32 Å². The molecule has 3 rings (SSSR count). The Hall–Kier alpha value is -2.40. The van der Waals surface area contributed by atoms with Gasteiger partial charge in [-0.1, -0.05) is 42.5 Å². The summed E-state index contributed by atoms with van der Waals surface area (Å²) in [7, 11) is 3.98. The Morgan fingerprint density at radius 3 is 2.30 bits per heavy atom. The summed E-state index contributed by atoms with van der Waals surface area (Å²) in [6, 6.07) is 16.7. The highest BCUT2D eigenvalue weighted by atomic mass is 19.1. The van der Waals surface area contributed by atoms with Crippen LogP contribution >= 0.6 is 0 Å². The molecule has 0 spiro atoms. The molecule has 0 radical (unpaired) electrons. The van der Waals surface area contributed by atoms with E-state index in [1.807, 2.05) is 20.2 Å². The fourth-order valence-corrected chi connectivity index (χ4v) is 3.25. The Morgan fingerprint density at radius 1 is 1.04 bits per heavy atom. The van der Waals surface area contributed by atoms with Gasteiger partial charge in [-0.2, -0.15) is 0 Å². The second kappa shape index (κ2) is 8.53. The molecule has 27 heavy (non-hydrogen) atoms. The largest absolute Gasteiger partial charge is 0.337 e. The van der Waals surface area contributed by atoms with Crippen LogP contribution in [-0.2, 0) is 12.0 Å². The molecule has 0 heterocycles. The summed E-state index contributed by atoms with van der Waals surface area (Å²) in [4.78, 5) is 16.7. The maximum absolute atomic E-state index is 13.2. The summed E-state index contributed by atoms with van der Waals surface area (Å²) < 4.78 is 13.2. The van der Waals surface area contributed by atoms with E-state index in [0.717, 1.165) is 24.9 Å². The second-order valence-corrected chi connectivity index (χ2v) is 7.66. The Labute approximate surface area is 161 Å². The number of amides is 2. The zero-order chi connectivity index (χ0) is 19.3. The Kier molecular flexibility index (Phi) is 6.11. The van der Waals surface area contributed by atoms with E-state index in [2.05, 4.69) is 34.5 Å². The van der Waals surface area contributed by atoms with Crippen molar-refractivity contribution in [1.29, 1.82) is 0 Å². The lowest BCUT2D eigenvalue weighted by Gasteiger charge is -2.26. The molecule has 0 bridgehead atoms. The molecule has 1 saturated carbocycles. The highest BCUT2D eigenvalue weighted by Crippen LogP contribution is 2.47. The molecule has 0 atom stereocenters. The predicted molar refractivity (Wildman–Crippen MR) is 106 cm³/mol. The molecule has 0 unspecified atom stereocenters. The fourth-order valence-electron chi connectivity index (χ4n) is 3.25. The second-order valence-electron chi connectivity index (χ2n) is 7.66. The van der Waals surface area contributed by atoms with Gasteiger partial charge in [0.1, 0.15) is 5.82 Å². The quantitative estimate of drug-likeness (QED) is 0.771. The van der Waals surface area contributed by atoms with Crippen LogP contribution in [0, 0.1) is 5.82 Å². The number of carbonyl (C=O) groups is 1. The minimum Gasteiger partial charge on any atom is -0.337 e. The van der Waals surface area contributed by atoms with E-state index in [4.69, 9.17) is 0 Å². The number of likely N-dealkylation sites (N-methyl/N-ethyl adjacent to an activating group) is 1. The smallest absolute Gasteiger partial charge is 0.317 e. The average Bonchev–Trinajstić information content (AvgIpc) is 3.46. The van der Waals surface area contributed by atoms with Gasteiger partial charge in [-0.3, -0.25) is 0 Å². The molecule has 5 heteroatoms. The van der Waals surface area contributed by atoms with Crippen molar-refractivity contribution in [2.24, 2.45) is 0 Å². The Morgan fingerprint density at radius 2 is 1.70 bits per heavy atom. The number of carbonyl (C=O) groups excluding carboxylic acids is 1. The van der Waals surface area contributed by atoms with Gasteiger partial charge in [-0.25, -0.2) is 9.18 Å². The summed E-state index contributed by atoms with van der Waals surface area (Å²) >= 11 is 0. The van der Waals surface area contributed by atoms with Gasteiger partial charge in [0, 0.05) is 31.6 Å². The van der Waals surface area contributed by atoms with Gasteiger partial charge < -0.3 is 15.1 Å². The topological polar surface area (TPSA) is 35.6 Å². The van der Waals surface area contributed by atoms with E-state index in [9.17, 15) is 9.18 Å². The van der Waals surface area contributed by atoms with E-state index >= 15 is 0 Å². The highest BCUT2D eigenvalue weighted by Gasteiger charge is 2.44. The molecule has 1 aliphatic carbocycles. The normalized spacial score (nSPS) is 14.8. The van der Waals surface area contributed by atoms with Crippen LogP contribution in [0.2, 0.25) is 0 Å². The molecule has 4 nitrogen and oxygen atoms in total. The molecule has 2 aromatic carbocycles. The van der Waals surface area contributed by atoms with Crippen molar-refractivity contribution < 1.29 is 9.18 Å². The molecule has 0 aromatic heterocycles. The number of rotatable bonds is 8. The van der Waals surface area contributed by atoms with Crippen LogP contribution in [0.1, 0.15) is 24.0 Å².